The van der Waals surface area contributed by atoms with Crippen LogP contribution in [0, 0.1) is 0 Å². The number of aromatic nitrogens is 1. The van der Waals surface area contributed by atoms with Gasteiger partial charge in [0.1, 0.15) is 18.0 Å². The van der Waals surface area contributed by atoms with Gasteiger partial charge in [0.25, 0.3) is 5.91 Å². The second-order valence-corrected chi connectivity index (χ2v) is 18.8. The van der Waals surface area contributed by atoms with Crippen molar-refractivity contribution in [2.45, 2.75) is 77.4 Å². The fourth-order valence-electron chi connectivity index (χ4n) is 4.58. The Hall–Kier alpha value is -1.78. The Kier molecular flexibility index (Phi) is 8.74. The van der Waals surface area contributed by atoms with Gasteiger partial charge in [-0.2, -0.15) is 0 Å². The van der Waals surface area contributed by atoms with E-state index in [0.717, 1.165) is 23.4 Å². The Morgan fingerprint density at radius 3 is 2.39 bits per heavy atom. The molecule has 1 aromatic carbocycles. The number of likely N-dealkylation sites (tertiary alicyclic amines) is 2. The molecule has 0 aliphatic carbocycles. The molecule has 0 radical (unpaired) electrons. The van der Waals surface area contributed by atoms with Crippen LogP contribution >= 0.6 is 23.2 Å². The normalized spacial score (nSPS) is 18.8. The Morgan fingerprint density at radius 2 is 1.74 bits per heavy atom. The molecule has 3 heterocycles. The summed E-state index contributed by atoms with van der Waals surface area (Å²) >= 11 is 12.8. The Balaban J connectivity index is 1.39. The first-order chi connectivity index (χ1) is 17.7. The molecule has 1 atom stereocenters. The molecule has 0 bridgehead atoms. The lowest BCUT2D eigenvalue weighted by Gasteiger charge is -2.40. The van der Waals surface area contributed by atoms with Crippen molar-refractivity contribution in [3.63, 3.8) is 0 Å². The van der Waals surface area contributed by atoms with Crippen molar-refractivity contribution in [3.05, 3.63) is 33.9 Å². The first-order valence-corrected chi connectivity index (χ1v) is 17.7. The molecule has 2 aliphatic rings. The molecule has 0 spiro atoms. The third-order valence-electron chi connectivity index (χ3n) is 6.73. The zero-order valence-electron chi connectivity index (χ0n) is 23.2. The number of rotatable bonds is 8. The molecule has 0 N–H and O–H groups in total. The summed E-state index contributed by atoms with van der Waals surface area (Å²) in [6.45, 7) is 15.5. The van der Waals surface area contributed by atoms with E-state index in [1.54, 1.807) is 11.0 Å². The summed E-state index contributed by atoms with van der Waals surface area (Å²) in [7, 11) is -1.24. The topological polar surface area (TPSA) is 73.2 Å². The molecule has 0 saturated carbocycles. The van der Waals surface area contributed by atoms with E-state index in [9.17, 15) is 9.59 Å². The van der Waals surface area contributed by atoms with E-state index >= 15 is 0 Å². The largest absolute Gasteiger partial charge is 0.444 e. The first-order valence-electron chi connectivity index (χ1n) is 13.2. The van der Waals surface area contributed by atoms with Crippen molar-refractivity contribution in [2.75, 3.05) is 32.8 Å². The molecule has 0 unspecified atom stereocenters. The highest BCUT2D eigenvalue weighted by Gasteiger charge is 2.38. The lowest BCUT2D eigenvalue weighted by atomic mass is 10.1. The van der Waals surface area contributed by atoms with E-state index in [-0.39, 0.29) is 30.9 Å². The van der Waals surface area contributed by atoms with E-state index in [0.29, 0.717) is 48.5 Å². The zero-order chi connectivity index (χ0) is 27.8. The number of fused-ring (bicyclic) bond motifs is 1. The van der Waals surface area contributed by atoms with Crippen LogP contribution in [-0.2, 0) is 20.9 Å². The van der Waals surface area contributed by atoms with Crippen molar-refractivity contribution in [1.29, 1.82) is 0 Å². The number of hydrogen-bond donors (Lipinski definition) is 0. The molecule has 2 aromatic rings. The van der Waals surface area contributed by atoms with Gasteiger partial charge in [-0.15, -0.1) is 0 Å². The van der Waals surface area contributed by atoms with E-state index in [2.05, 4.69) is 19.6 Å². The van der Waals surface area contributed by atoms with Crippen LogP contribution in [0.25, 0.3) is 10.9 Å². The molecule has 38 heavy (non-hydrogen) atoms. The Labute approximate surface area is 236 Å². The minimum absolute atomic E-state index is 0.0465. The highest BCUT2D eigenvalue weighted by Crippen LogP contribution is 2.34. The molecule has 2 saturated heterocycles. The van der Waals surface area contributed by atoms with Gasteiger partial charge >= 0.3 is 6.09 Å². The van der Waals surface area contributed by atoms with Crippen LogP contribution in [0.15, 0.2) is 18.2 Å². The summed E-state index contributed by atoms with van der Waals surface area (Å²) in [5.74, 6) is -0.0859. The van der Waals surface area contributed by atoms with Gasteiger partial charge in [0.2, 0.25) is 0 Å². The van der Waals surface area contributed by atoms with E-state index in [1.807, 2.05) is 42.4 Å². The van der Waals surface area contributed by atoms with Gasteiger partial charge in [-0.05, 0) is 51.4 Å². The summed E-state index contributed by atoms with van der Waals surface area (Å²) in [5.41, 5.74) is 0.823. The SMILES string of the molecule is CC(C)(C)OC(=O)N1CC(O[C@@H]2CCN(C(=O)c3cc4c(Cl)c(Cl)ccc4n3COCC[Si](C)(C)C)C2)C1. The highest BCUT2D eigenvalue weighted by molar-refractivity contribution is 6.76. The molecule has 4 rings (SSSR count). The lowest BCUT2D eigenvalue weighted by Crippen LogP contribution is -2.56. The number of benzene rings is 1. The van der Waals surface area contributed by atoms with Crippen LogP contribution in [0.3, 0.4) is 0 Å². The summed E-state index contributed by atoms with van der Waals surface area (Å²) in [6.07, 6.45) is 0.302. The number of carbonyl (C=O) groups excluding carboxylic acids is 2. The second kappa shape index (κ2) is 11.4. The summed E-state index contributed by atoms with van der Waals surface area (Å²) in [6, 6.07) is 6.48. The molecule has 210 valence electrons. The molecule has 11 heteroatoms. The maximum absolute atomic E-state index is 13.7. The van der Waals surface area contributed by atoms with Crippen LogP contribution < -0.4 is 0 Å². The molecule has 2 aliphatic heterocycles. The predicted molar refractivity (Wildman–Crippen MR) is 153 cm³/mol. The summed E-state index contributed by atoms with van der Waals surface area (Å²) < 4.78 is 19.5. The Morgan fingerprint density at radius 1 is 1.05 bits per heavy atom. The predicted octanol–water partition coefficient (Wildman–Crippen LogP) is 6.11. The van der Waals surface area contributed by atoms with E-state index in [1.165, 1.54) is 0 Å². The van der Waals surface area contributed by atoms with E-state index in [4.69, 9.17) is 37.4 Å². The average Bonchev–Trinajstić information content (AvgIpc) is 3.39. The minimum Gasteiger partial charge on any atom is -0.444 e. The van der Waals surface area contributed by atoms with Gasteiger partial charge in [0.15, 0.2) is 0 Å². The van der Waals surface area contributed by atoms with Crippen molar-refractivity contribution in [1.82, 2.24) is 14.4 Å². The maximum Gasteiger partial charge on any atom is 0.410 e. The third kappa shape index (κ3) is 7.04. The van der Waals surface area contributed by atoms with Gasteiger partial charge in [0.05, 0.1) is 40.9 Å². The monoisotopic (exact) mass is 583 g/mol. The molecule has 1 aromatic heterocycles. The van der Waals surface area contributed by atoms with Crippen molar-refractivity contribution < 1.29 is 23.8 Å². The zero-order valence-corrected chi connectivity index (χ0v) is 25.7. The molecule has 2 amide bonds. The number of amides is 2. The standard InChI is InChI=1S/C27H39Cl2N3O5Si/c1-27(2,3)37-26(34)31-15-19(16-31)36-18-9-10-30(14-18)25(33)23-13-20-22(8-7-21(28)24(20)29)32(23)17-35-11-12-38(4,5)6/h7-8,13,18-19H,9-12,14-17H2,1-6H3/t18-/m1/s1. The van der Waals surface area contributed by atoms with Crippen LogP contribution in [0.4, 0.5) is 4.79 Å². The average molecular weight is 585 g/mol. The molecule has 8 nitrogen and oxygen atoms in total. The minimum atomic E-state index is -1.24. The fraction of sp³-hybridized carbons (Fsp3) is 0.630. The number of halogens is 2. The number of nitrogens with zero attached hydrogens (tertiary/aromatic N) is 3. The van der Waals surface area contributed by atoms with Crippen LogP contribution in [0.5, 0.6) is 0 Å². The van der Waals surface area contributed by atoms with Gasteiger partial charge in [-0.25, -0.2) is 4.79 Å². The first kappa shape index (κ1) is 29.2. The number of carbonyl (C=O) groups is 2. The molecular weight excluding hydrogens is 545 g/mol. The van der Waals surface area contributed by atoms with Gasteiger partial charge in [-0.3, -0.25) is 4.79 Å². The van der Waals surface area contributed by atoms with Gasteiger partial charge in [-0.1, -0.05) is 42.8 Å². The number of hydrogen-bond acceptors (Lipinski definition) is 5. The highest BCUT2D eigenvalue weighted by atomic mass is 35.5. The van der Waals surface area contributed by atoms with E-state index < -0.39 is 13.7 Å². The van der Waals surface area contributed by atoms with Crippen molar-refractivity contribution >= 4 is 54.2 Å². The van der Waals surface area contributed by atoms with Crippen LogP contribution in [-0.4, -0.2) is 85.0 Å². The van der Waals surface area contributed by atoms with Crippen LogP contribution in [0.1, 0.15) is 37.7 Å². The van der Waals surface area contributed by atoms with Crippen molar-refractivity contribution in [2.24, 2.45) is 0 Å². The van der Waals surface area contributed by atoms with Gasteiger partial charge < -0.3 is 28.6 Å². The fourth-order valence-corrected chi connectivity index (χ4v) is 5.72. The quantitative estimate of drug-likeness (QED) is 0.277. The Bertz CT molecular complexity index is 1180. The number of ether oxygens (including phenoxy) is 3. The summed E-state index contributed by atoms with van der Waals surface area (Å²) in [4.78, 5) is 29.3. The maximum atomic E-state index is 13.7. The summed E-state index contributed by atoms with van der Waals surface area (Å²) in [5, 5.41) is 1.62. The second-order valence-electron chi connectivity index (χ2n) is 12.4. The lowest BCUT2D eigenvalue weighted by molar-refractivity contribution is -0.0890. The van der Waals surface area contributed by atoms with Crippen molar-refractivity contribution in [3.8, 4) is 0 Å². The van der Waals surface area contributed by atoms with Crippen LogP contribution in [0.2, 0.25) is 35.7 Å². The molecular formula is C27H39Cl2N3O5Si. The molecule has 2 fully saturated rings. The third-order valence-corrected chi connectivity index (χ3v) is 9.25. The smallest absolute Gasteiger partial charge is 0.410 e. The van der Waals surface area contributed by atoms with Gasteiger partial charge in [0, 0.05) is 33.2 Å².